The highest BCUT2D eigenvalue weighted by molar-refractivity contribution is 5.92. The maximum atomic E-state index is 14.2. The first kappa shape index (κ1) is 25.0. The van der Waals surface area contributed by atoms with Gasteiger partial charge in [0.15, 0.2) is 0 Å². The molecule has 0 saturated carbocycles. The molecule has 8 nitrogen and oxygen atoms in total. The van der Waals surface area contributed by atoms with Gasteiger partial charge in [-0.25, -0.2) is 9.18 Å². The number of amides is 1. The lowest BCUT2D eigenvalue weighted by atomic mass is 10.1. The van der Waals surface area contributed by atoms with Crippen LogP contribution in [0.2, 0.25) is 0 Å². The molecule has 0 spiro atoms. The Balaban J connectivity index is 2.75. The maximum Gasteiger partial charge on any atom is 0.471 e. The molecular weight excluding hydrogens is 416 g/mol. The van der Waals surface area contributed by atoms with Crippen molar-refractivity contribution in [3.05, 3.63) is 23.5 Å². The second-order valence-electron chi connectivity index (χ2n) is 7.03. The van der Waals surface area contributed by atoms with Gasteiger partial charge in [0.2, 0.25) is 0 Å². The summed E-state index contributed by atoms with van der Waals surface area (Å²) in [5, 5.41) is 13.4. The summed E-state index contributed by atoms with van der Waals surface area (Å²) in [7, 11) is 0. The number of alkyl halides is 3. The third-order valence-corrected chi connectivity index (χ3v) is 3.25. The minimum Gasteiger partial charge on any atom is -0.492 e. The van der Waals surface area contributed by atoms with Gasteiger partial charge in [0.25, 0.3) is 0 Å². The number of carboxylic acid groups (broad SMARTS) is 1. The van der Waals surface area contributed by atoms with Crippen molar-refractivity contribution in [3.8, 4) is 5.75 Å². The zero-order chi connectivity index (χ0) is 23.1. The van der Waals surface area contributed by atoms with Crippen molar-refractivity contribution < 1.29 is 46.5 Å². The third-order valence-electron chi connectivity index (χ3n) is 3.25. The van der Waals surface area contributed by atoms with Crippen LogP contribution in [0.4, 0.5) is 23.2 Å². The fourth-order valence-electron chi connectivity index (χ4n) is 2.11. The first-order valence-corrected chi connectivity index (χ1v) is 8.71. The largest absolute Gasteiger partial charge is 0.492 e. The number of rotatable bonds is 9. The van der Waals surface area contributed by atoms with E-state index in [9.17, 15) is 31.9 Å². The first-order valence-electron chi connectivity index (χ1n) is 8.71. The van der Waals surface area contributed by atoms with Crippen LogP contribution in [-0.2, 0) is 14.3 Å². The molecule has 0 radical (unpaired) electrons. The minimum atomic E-state index is -5.02. The predicted octanol–water partition coefficient (Wildman–Crippen LogP) is 2.72. The monoisotopic (exact) mass is 438 g/mol. The van der Waals surface area contributed by atoms with Crippen LogP contribution in [-0.4, -0.2) is 54.4 Å². The topological polar surface area (TPSA) is 114 Å². The van der Waals surface area contributed by atoms with Gasteiger partial charge in [-0.15, -0.1) is 0 Å². The number of anilines is 1. The number of carbonyl (C=O) groups excluding carboxylic acids is 2. The van der Waals surface area contributed by atoms with Crippen molar-refractivity contribution in [3.63, 3.8) is 0 Å². The summed E-state index contributed by atoms with van der Waals surface area (Å²) in [6.45, 7) is 3.97. The Hall–Kier alpha value is -3.05. The van der Waals surface area contributed by atoms with E-state index < -0.39 is 46.8 Å². The normalized spacial score (nSPS) is 11.6. The van der Waals surface area contributed by atoms with Crippen molar-refractivity contribution in [2.75, 3.05) is 25.0 Å². The van der Waals surface area contributed by atoms with Gasteiger partial charge in [-0.3, -0.25) is 9.59 Å². The first-order chi connectivity index (χ1) is 13.7. The van der Waals surface area contributed by atoms with Gasteiger partial charge in [0.1, 0.15) is 29.3 Å². The Bertz CT molecular complexity index is 790. The van der Waals surface area contributed by atoms with E-state index in [1.807, 2.05) is 0 Å². The van der Waals surface area contributed by atoms with Crippen LogP contribution >= 0.6 is 0 Å². The fraction of sp³-hybridized carbons (Fsp3) is 0.500. The molecule has 1 rings (SSSR count). The zero-order valence-electron chi connectivity index (χ0n) is 16.5. The number of hydrogen-bond acceptors (Lipinski definition) is 6. The molecule has 0 aromatic heterocycles. The molecule has 0 heterocycles. The number of ether oxygens (including phenoxy) is 2. The molecule has 30 heavy (non-hydrogen) atoms. The molecule has 1 amide bonds. The summed E-state index contributed by atoms with van der Waals surface area (Å²) < 4.78 is 60.7. The number of nitrogens with one attached hydrogen (secondary N) is 2. The van der Waals surface area contributed by atoms with Gasteiger partial charge in [-0.05, 0) is 33.3 Å². The number of hydrogen-bond donors (Lipinski definition) is 3. The SMILES string of the molecule is CC(C)(C)OC(=O)CNc1cc(F)c(C(=O)O)c(OCCCNC(=O)C(F)(F)F)c1. The summed E-state index contributed by atoms with van der Waals surface area (Å²) in [5.74, 6) is -5.90. The lowest BCUT2D eigenvalue weighted by Gasteiger charge is -2.20. The van der Waals surface area contributed by atoms with E-state index in [0.717, 1.165) is 12.1 Å². The van der Waals surface area contributed by atoms with Gasteiger partial charge in [-0.2, -0.15) is 13.2 Å². The Morgan fingerprint density at radius 1 is 1.13 bits per heavy atom. The molecule has 12 heteroatoms. The van der Waals surface area contributed by atoms with E-state index in [4.69, 9.17) is 14.6 Å². The highest BCUT2D eigenvalue weighted by Gasteiger charge is 2.38. The van der Waals surface area contributed by atoms with Gasteiger partial charge in [0.05, 0.1) is 6.61 Å². The summed E-state index contributed by atoms with van der Waals surface area (Å²) in [4.78, 5) is 33.7. The van der Waals surface area contributed by atoms with Crippen molar-refractivity contribution in [1.29, 1.82) is 0 Å². The van der Waals surface area contributed by atoms with Crippen LogP contribution in [0.5, 0.6) is 5.75 Å². The molecule has 0 fully saturated rings. The van der Waals surface area contributed by atoms with E-state index in [1.165, 1.54) is 0 Å². The predicted molar refractivity (Wildman–Crippen MR) is 96.9 cm³/mol. The molecule has 0 aliphatic heterocycles. The number of benzene rings is 1. The van der Waals surface area contributed by atoms with Crippen molar-refractivity contribution >= 4 is 23.5 Å². The molecular formula is C18H22F4N2O6. The van der Waals surface area contributed by atoms with Crippen LogP contribution in [0.3, 0.4) is 0 Å². The second-order valence-corrected chi connectivity index (χ2v) is 7.03. The molecule has 1 aromatic carbocycles. The third kappa shape index (κ3) is 8.53. The Morgan fingerprint density at radius 3 is 2.30 bits per heavy atom. The summed E-state index contributed by atoms with van der Waals surface area (Å²) in [6, 6.07) is 1.98. The standard InChI is InChI=1S/C18H22F4N2O6/c1-17(2,3)30-13(25)9-24-10-7-11(19)14(15(26)27)12(8-10)29-6-4-5-23-16(28)18(20,21)22/h7-8,24H,4-6,9H2,1-3H3,(H,23,28)(H,26,27). The van der Waals surface area contributed by atoms with E-state index >= 15 is 0 Å². The van der Waals surface area contributed by atoms with Gasteiger partial charge in [0, 0.05) is 18.3 Å². The van der Waals surface area contributed by atoms with Gasteiger partial charge >= 0.3 is 24.0 Å². The fourth-order valence-corrected chi connectivity index (χ4v) is 2.11. The number of aromatic carboxylic acids is 1. The summed E-state index contributed by atoms with van der Waals surface area (Å²) >= 11 is 0. The highest BCUT2D eigenvalue weighted by atomic mass is 19.4. The molecule has 1 aromatic rings. The number of carboxylic acids is 1. The van der Waals surface area contributed by atoms with E-state index in [-0.39, 0.29) is 31.8 Å². The lowest BCUT2D eigenvalue weighted by Crippen LogP contribution is -2.37. The smallest absolute Gasteiger partial charge is 0.471 e. The number of halogens is 4. The maximum absolute atomic E-state index is 14.2. The Labute approximate surface area is 169 Å². The van der Waals surface area contributed by atoms with Crippen LogP contribution in [0.1, 0.15) is 37.6 Å². The molecule has 0 aliphatic rings. The molecule has 0 aliphatic carbocycles. The average molecular weight is 438 g/mol. The highest BCUT2D eigenvalue weighted by Crippen LogP contribution is 2.27. The van der Waals surface area contributed by atoms with E-state index in [2.05, 4.69) is 5.32 Å². The quantitative estimate of drug-likeness (QED) is 0.309. The molecule has 0 bridgehead atoms. The lowest BCUT2D eigenvalue weighted by molar-refractivity contribution is -0.173. The molecule has 3 N–H and O–H groups in total. The van der Waals surface area contributed by atoms with E-state index in [1.54, 1.807) is 26.1 Å². The second kappa shape index (κ2) is 10.1. The van der Waals surface area contributed by atoms with Crippen LogP contribution in [0.25, 0.3) is 0 Å². The summed E-state index contributed by atoms with van der Waals surface area (Å²) in [5.41, 5.74) is -1.48. The summed E-state index contributed by atoms with van der Waals surface area (Å²) in [6.07, 6.45) is -5.12. The number of esters is 1. The number of carbonyl (C=O) groups is 3. The van der Waals surface area contributed by atoms with Gasteiger partial charge < -0.3 is 25.2 Å². The van der Waals surface area contributed by atoms with Crippen LogP contribution < -0.4 is 15.4 Å². The van der Waals surface area contributed by atoms with Crippen LogP contribution in [0.15, 0.2) is 12.1 Å². The van der Waals surface area contributed by atoms with Gasteiger partial charge in [-0.1, -0.05) is 0 Å². The van der Waals surface area contributed by atoms with Crippen molar-refractivity contribution in [1.82, 2.24) is 5.32 Å². The van der Waals surface area contributed by atoms with Crippen molar-refractivity contribution in [2.45, 2.75) is 39.0 Å². The zero-order valence-corrected chi connectivity index (χ0v) is 16.5. The average Bonchev–Trinajstić information content (AvgIpc) is 2.56. The molecule has 0 unspecified atom stereocenters. The molecule has 168 valence electrons. The van der Waals surface area contributed by atoms with E-state index in [0.29, 0.717) is 0 Å². The Morgan fingerprint density at radius 2 is 1.77 bits per heavy atom. The minimum absolute atomic E-state index is 0.0312. The van der Waals surface area contributed by atoms with Crippen LogP contribution in [0, 0.1) is 5.82 Å². The Kier molecular flexibility index (Phi) is 8.43. The molecule has 0 atom stereocenters. The van der Waals surface area contributed by atoms with Crippen molar-refractivity contribution in [2.24, 2.45) is 0 Å². The molecule has 0 saturated heterocycles.